The van der Waals surface area contributed by atoms with Crippen molar-refractivity contribution in [2.75, 3.05) is 17.6 Å². The van der Waals surface area contributed by atoms with E-state index in [0.717, 1.165) is 36.8 Å². The number of halogens is 1. The van der Waals surface area contributed by atoms with Gasteiger partial charge in [-0.2, -0.15) is 0 Å². The third-order valence-electron chi connectivity index (χ3n) is 5.75. The molecular formula is C22H25FN4O2. The average Bonchev–Trinajstić information content (AvgIpc) is 3.55. The molecule has 29 heavy (non-hydrogen) atoms. The zero-order valence-corrected chi connectivity index (χ0v) is 16.4. The first kappa shape index (κ1) is 19.4. The van der Waals surface area contributed by atoms with Crippen molar-refractivity contribution in [2.24, 2.45) is 5.92 Å². The lowest BCUT2D eigenvalue weighted by Crippen LogP contribution is -2.46. The third kappa shape index (κ3) is 4.23. The van der Waals surface area contributed by atoms with Crippen LogP contribution in [0.5, 0.6) is 0 Å². The number of piperidine rings is 1. The Hall–Kier alpha value is -2.96. The van der Waals surface area contributed by atoms with Crippen LogP contribution in [0.25, 0.3) is 0 Å². The molecule has 7 heteroatoms. The number of aromatic nitrogens is 1. The van der Waals surface area contributed by atoms with Gasteiger partial charge >= 0.3 is 11.8 Å². The lowest BCUT2D eigenvalue weighted by molar-refractivity contribution is -0.146. The second-order valence-electron chi connectivity index (χ2n) is 8.13. The number of nitrogens with one attached hydrogen (secondary N) is 1. The van der Waals surface area contributed by atoms with E-state index < -0.39 is 11.8 Å². The number of nitrogens with zero attached hydrogens (tertiary/aromatic N) is 2. The van der Waals surface area contributed by atoms with Crippen LogP contribution in [0.2, 0.25) is 0 Å². The number of carbonyl (C=O) groups is 2. The molecule has 152 valence electrons. The molecule has 0 radical (unpaired) electrons. The van der Waals surface area contributed by atoms with Gasteiger partial charge in [0.1, 0.15) is 11.6 Å². The molecule has 3 N–H and O–H groups in total. The van der Waals surface area contributed by atoms with E-state index in [0.29, 0.717) is 29.9 Å². The maximum atomic E-state index is 13.3. The van der Waals surface area contributed by atoms with Gasteiger partial charge in [0.2, 0.25) is 0 Å². The molecule has 1 aliphatic heterocycles. The number of hydrogen-bond donors (Lipinski definition) is 2. The molecule has 2 atom stereocenters. The fourth-order valence-corrected chi connectivity index (χ4v) is 4.01. The van der Waals surface area contributed by atoms with Gasteiger partial charge < -0.3 is 16.0 Å². The largest absolute Gasteiger partial charge is 0.383 e. The van der Waals surface area contributed by atoms with Crippen LogP contribution < -0.4 is 11.1 Å². The summed E-state index contributed by atoms with van der Waals surface area (Å²) in [6.07, 6.45) is 5.28. The first-order chi connectivity index (χ1) is 13.9. The van der Waals surface area contributed by atoms with E-state index in [9.17, 15) is 14.0 Å². The van der Waals surface area contributed by atoms with E-state index in [-0.39, 0.29) is 11.9 Å². The summed E-state index contributed by atoms with van der Waals surface area (Å²) < 4.78 is 13.3. The van der Waals surface area contributed by atoms with Gasteiger partial charge in [0.05, 0.1) is 17.9 Å². The topological polar surface area (TPSA) is 88.3 Å². The van der Waals surface area contributed by atoms with Crippen LogP contribution in [0.3, 0.4) is 0 Å². The molecule has 0 bridgehead atoms. The van der Waals surface area contributed by atoms with E-state index in [1.807, 2.05) is 6.07 Å². The molecule has 0 spiro atoms. The summed E-state index contributed by atoms with van der Waals surface area (Å²) in [6, 6.07) is 7.70. The number of nitrogens with two attached hydrogens (primary N) is 1. The highest BCUT2D eigenvalue weighted by Crippen LogP contribution is 2.42. The number of hydrogen-bond acceptors (Lipinski definition) is 4. The van der Waals surface area contributed by atoms with Crippen LogP contribution in [0.4, 0.5) is 15.9 Å². The molecular weight excluding hydrogens is 371 g/mol. The standard InChI is InChI=1S/C22H25FN4O2/c1-13-2-9-19(15-5-7-16(23)8-6-15)27(12-13)22(29)21(28)26-17-10-18(14-3-4-14)20(24)25-11-17/h5-8,10-11,13-14,19H,2-4,9,12H2,1H3,(H2,24,25)(H,26,28)/t13-,19?/m0/s1. The molecule has 2 heterocycles. The second-order valence-corrected chi connectivity index (χ2v) is 8.13. The van der Waals surface area contributed by atoms with Crippen molar-refractivity contribution in [3.63, 3.8) is 0 Å². The first-order valence-electron chi connectivity index (χ1n) is 10.0. The Bertz CT molecular complexity index is 927. The Kier molecular flexibility index (Phi) is 5.22. The van der Waals surface area contributed by atoms with Crippen LogP contribution in [0.15, 0.2) is 36.5 Å². The highest BCUT2D eigenvalue weighted by Gasteiger charge is 2.34. The van der Waals surface area contributed by atoms with Gasteiger partial charge in [-0.05, 0) is 66.8 Å². The van der Waals surface area contributed by atoms with Crippen molar-refractivity contribution in [2.45, 2.75) is 44.6 Å². The van der Waals surface area contributed by atoms with E-state index in [4.69, 9.17) is 5.73 Å². The van der Waals surface area contributed by atoms with E-state index in [1.54, 1.807) is 17.0 Å². The second kappa shape index (κ2) is 7.81. The SMILES string of the molecule is C[C@H]1CCC(c2ccc(F)cc2)N(C(=O)C(=O)Nc2cnc(N)c(C3CC3)c2)C1. The third-order valence-corrected chi connectivity index (χ3v) is 5.75. The highest BCUT2D eigenvalue weighted by molar-refractivity contribution is 6.39. The van der Waals surface area contributed by atoms with Gasteiger partial charge in [-0.25, -0.2) is 9.37 Å². The molecule has 1 saturated carbocycles. The predicted molar refractivity (Wildman–Crippen MR) is 109 cm³/mol. The minimum Gasteiger partial charge on any atom is -0.383 e. The summed E-state index contributed by atoms with van der Waals surface area (Å²) >= 11 is 0. The Balaban J connectivity index is 1.52. The quantitative estimate of drug-likeness (QED) is 0.776. The maximum absolute atomic E-state index is 13.3. The van der Waals surface area contributed by atoms with Crippen molar-refractivity contribution in [3.8, 4) is 0 Å². The number of pyridine rings is 1. The predicted octanol–water partition coefficient (Wildman–Crippen LogP) is 3.62. The Labute approximate surface area is 169 Å². The summed E-state index contributed by atoms with van der Waals surface area (Å²) in [6.45, 7) is 2.55. The normalized spacial score (nSPS) is 21.7. The fourth-order valence-electron chi connectivity index (χ4n) is 4.01. The molecule has 4 rings (SSSR count). The molecule has 2 aromatic rings. The highest BCUT2D eigenvalue weighted by atomic mass is 19.1. The Morgan fingerprint density at radius 1 is 1.17 bits per heavy atom. The molecule has 1 unspecified atom stereocenters. The molecule has 2 amide bonds. The molecule has 6 nitrogen and oxygen atoms in total. The summed E-state index contributed by atoms with van der Waals surface area (Å²) in [5, 5.41) is 2.68. The molecule has 2 fully saturated rings. The number of benzene rings is 1. The van der Waals surface area contributed by atoms with Crippen molar-refractivity contribution >= 4 is 23.3 Å². The molecule has 2 aliphatic rings. The van der Waals surface area contributed by atoms with Gasteiger partial charge in [0.25, 0.3) is 0 Å². The van der Waals surface area contributed by atoms with Gasteiger partial charge in [0.15, 0.2) is 0 Å². The number of amides is 2. The van der Waals surface area contributed by atoms with E-state index in [2.05, 4.69) is 17.2 Å². The number of rotatable bonds is 3. The van der Waals surface area contributed by atoms with Crippen molar-refractivity contribution in [3.05, 3.63) is 53.5 Å². The average molecular weight is 396 g/mol. The monoisotopic (exact) mass is 396 g/mol. The minimum absolute atomic E-state index is 0.239. The first-order valence-corrected chi connectivity index (χ1v) is 10.0. The lowest BCUT2D eigenvalue weighted by atomic mass is 9.90. The lowest BCUT2D eigenvalue weighted by Gasteiger charge is -2.38. The van der Waals surface area contributed by atoms with Crippen LogP contribution in [-0.4, -0.2) is 28.2 Å². The molecule has 1 saturated heterocycles. The van der Waals surface area contributed by atoms with Crippen molar-refractivity contribution in [1.29, 1.82) is 0 Å². The summed E-state index contributed by atoms with van der Waals surface area (Å²) in [4.78, 5) is 31.5. The summed E-state index contributed by atoms with van der Waals surface area (Å²) in [5.41, 5.74) is 8.16. The number of nitrogen functional groups attached to an aromatic ring is 1. The minimum atomic E-state index is -0.695. The van der Waals surface area contributed by atoms with E-state index in [1.165, 1.54) is 18.3 Å². The van der Waals surface area contributed by atoms with Crippen molar-refractivity contribution in [1.82, 2.24) is 9.88 Å². The van der Waals surface area contributed by atoms with Crippen LogP contribution in [0.1, 0.15) is 55.7 Å². The van der Waals surface area contributed by atoms with Gasteiger partial charge in [-0.3, -0.25) is 9.59 Å². The summed E-state index contributed by atoms with van der Waals surface area (Å²) in [7, 11) is 0. The van der Waals surface area contributed by atoms with Gasteiger partial charge in [-0.15, -0.1) is 0 Å². The number of likely N-dealkylation sites (tertiary alicyclic amines) is 1. The fraction of sp³-hybridized carbons (Fsp3) is 0.409. The zero-order chi connectivity index (χ0) is 20.5. The van der Waals surface area contributed by atoms with Crippen LogP contribution in [0, 0.1) is 11.7 Å². The zero-order valence-electron chi connectivity index (χ0n) is 16.4. The number of carbonyl (C=O) groups excluding carboxylic acids is 2. The molecule has 1 aliphatic carbocycles. The van der Waals surface area contributed by atoms with Crippen LogP contribution >= 0.6 is 0 Å². The number of anilines is 2. The molecule has 1 aromatic carbocycles. The smallest absolute Gasteiger partial charge is 0.313 e. The van der Waals surface area contributed by atoms with E-state index >= 15 is 0 Å². The van der Waals surface area contributed by atoms with Gasteiger partial charge in [0, 0.05) is 6.54 Å². The maximum Gasteiger partial charge on any atom is 0.313 e. The molecule has 1 aromatic heterocycles. The van der Waals surface area contributed by atoms with Crippen molar-refractivity contribution < 1.29 is 14.0 Å². The Morgan fingerprint density at radius 3 is 2.59 bits per heavy atom. The van der Waals surface area contributed by atoms with Crippen LogP contribution in [-0.2, 0) is 9.59 Å². The summed E-state index contributed by atoms with van der Waals surface area (Å²) in [5.74, 6) is -0.451. The van der Waals surface area contributed by atoms with Gasteiger partial charge in [-0.1, -0.05) is 19.1 Å². The Morgan fingerprint density at radius 2 is 1.90 bits per heavy atom.